The zero-order valence-corrected chi connectivity index (χ0v) is 12.7. The summed E-state index contributed by atoms with van der Waals surface area (Å²) in [6.07, 6.45) is 3.16. The molecule has 1 aliphatic rings. The van der Waals surface area contributed by atoms with E-state index in [9.17, 15) is 9.18 Å². The van der Waals surface area contributed by atoms with Gasteiger partial charge in [0.25, 0.3) is 5.91 Å². The van der Waals surface area contributed by atoms with Gasteiger partial charge in [0.2, 0.25) is 0 Å². The van der Waals surface area contributed by atoms with Crippen LogP contribution in [0.5, 0.6) is 0 Å². The van der Waals surface area contributed by atoms with Gasteiger partial charge in [0, 0.05) is 6.20 Å². The summed E-state index contributed by atoms with van der Waals surface area (Å²) in [6, 6.07) is 9.22. The van der Waals surface area contributed by atoms with Gasteiger partial charge in [0.15, 0.2) is 11.0 Å². The smallest absolute Gasteiger partial charge is 0.264 e. The number of nitrogens with zero attached hydrogens (tertiary/aromatic N) is 2. The highest BCUT2D eigenvalue weighted by molar-refractivity contribution is 8.18. The number of aromatic nitrogens is 1. The number of nitrogens with one attached hydrogen (secondary N) is 1. The van der Waals surface area contributed by atoms with Crippen LogP contribution in [0.25, 0.3) is 6.08 Å². The molecule has 1 saturated heterocycles. The number of halogens is 2. The predicted octanol–water partition coefficient (Wildman–Crippen LogP) is 3.77. The average Bonchev–Trinajstić information content (AvgIpc) is 2.84. The van der Waals surface area contributed by atoms with Crippen LogP contribution in [0.3, 0.4) is 0 Å². The van der Waals surface area contributed by atoms with Crippen molar-refractivity contribution in [1.82, 2.24) is 10.3 Å². The van der Waals surface area contributed by atoms with E-state index in [0.717, 1.165) is 5.56 Å². The number of pyridine rings is 1. The molecule has 0 atom stereocenters. The minimum Gasteiger partial charge on any atom is -0.300 e. The summed E-state index contributed by atoms with van der Waals surface area (Å²) < 4.78 is 12.9. The van der Waals surface area contributed by atoms with Crippen molar-refractivity contribution in [2.45, 2.75) is 0 Å². The molecule has 2 heterocycles. The van der Waals surface area contributed by atoms with Gasteiger partial charge < -0.3 is 5.32 Å². The third-order valence-corrected chi connectivity index (χ3v) is 3.88. The molecule has 2 aromatic rings. The maximum atomic E-state index is 12.9. The first-order valence-corrected chi connectivity index (χ1v) is 7.46. The summed E-state index contributed by atoms with van der Waals surface area (Å²) in [5, 5.41) is 3.61. The Kier molecular flexibility index (Phi) is 4.22. The van der Waals surface area contributed by atoms with E-state index in [0.29, 0.717) is 20.9 Å². The van der Waals surface area contributed by atoms with Gasteiger partial charge in [-0.05, 0) is 47.7 Å². The number of carbonyl (C=O) groups is 1. The summed E-state index contributed by atoms with van der Waals surface area (Å²) in [4.78, 5) is 20.7. The molecule has 7 heteroatoms. The van der Waals surface area contributed by atoms with E-state index < -0.39 is 0 Å². The van der Waals surface area contributed by atoms with Gasteiger partial charge in [-0.2, -0.15) is 0 Å². The summed E-state index contributed by atoms with van der Waals surface area (Å²) in [5.41, 5.74) is 0.741. The van der Waals surface area contributed by atoms with Gasteiger partial charge in [-0.3, -0.25) is 4.79 Å². The molecule has 110 valence electrons. The van der Waals surface area contributed by atoms with Crippen molar-refractivity contribution in [3.8, 4) is 0 Å². The molecule has 0 spiro atoms. The quantitative estimate of drug-likeness (QED) is 0.851. The fourth-order valence-corrected chi connectivity index (χ4v) is 2.67. The van der Waals surface area contributed by atoms with E-state index in [1.54, 1.807) is 30.3 Å². The molecule has 1 N–H and O–H groups in total. The molecule has 0 unspecified atom stereocenters. The number of aliphatic imine (C=N–C) groups is 1. The van der Waals surface area contributed by atoms with E-state index in [2.05, 4.69) is 15.3 Å². The van der Waals surface area contributed by atoms with Crippen LogP contribution in [-0.2, 0) is 4.79 Å². The Hall–Kier alpha value is -2.18. The minimum absolute atomic E-state index is 0.248. The first-order chi connectivity index (χ1) is 10.6. The molecular weight excluding hydrogens is 325 g/mol. The molecule has 4 nitrogen and oxygen atoms in total. The Morgan fingerprint density at radius 3 is 2.68 bits per heavy atom. The molecule has 1 fully saturated rings. The molecule has 1 aromatic heterocycles. The minimum atomic E-state index is -0.318. The van der Waals surface area contributed by atoms with Crippen molar-refractivity contribution in [3.63, 3.8) is 0 Å². The van der Waals surface area contributed by atoms with Crippen LogP contribution in [-0.4, -0.2) is 16.1 Å². The zero-order valence-electron chi connectivity index (χ0n) is 11.1. The van der Waals surface area contributed by atoms with Gasteiger partial charge in [-0.1, -0.05) is 23.7 Å². The molecule has 22 heavy (non-hydrogen) atoms. The van der Waals surface area contributed by atoms with E-state index >= 15 is 0 Å². The monoisotopic (exact) mass is 333 g/mol. The van der Waals surface area contributed by atoms with Crippen LogP contribution in [0, 0.1) is 5.82 Å². The van der Waals surface area contributed by atoms with Crippen LogP contribution < -0.4 is 5.32 Å². The lowest BCUT2D eigenvalue weighted by Gasteiger charge is -1.95. The lowest BCUT2D eigenvalue weighted by atomic mass is 10.2. The Morgan fingerprint density at radius 1 is 1.23 bits per heavy atom. The van der Waals surface area contributed by atoms with Crippen LogP contribution in [0.1, 0.15) is 5.56 Å². The fourth-order valence-electron chi connectivity index (χ4n) is 1.73. The van der Waals surface area contributed by atoms with E-state index in [1.165, 1.54) is 30.1 Å². The third-order valence-electron chi connectivity index (χ3n) is 2.75. The van der Waals surface area contributed by atoms with Gasteiger partial charge in [0.1, 0.15) is 5.82 Å². The second kappa shape index (κ2) is 6.29. The predicted molar refractivity (Wildman–Crippen MR) is 86.5 cm³/mol. The molecule has 0 bridgehead atoms. The summed E-state index contributed by atoms with van der Waals surface area (Å²) >= 11 is 6.95. The number of benzene rings is 1. The van der Waals surface area contributed by atoms with Crippen molar-refractivity contribution in [1.29, 1.82) is 0 Å². The Balaban J connectivity index is 1.80. The largest absolute Gasteiger partial charge is 0.300 e. The van der Waals surface area contributed by atoms with Crippen molar-refractivity contribution in [2.75, 3.05) is 0 Å². The lowest BCUT2D eigenvalue weighted by Crippen LogP contribution is -2.19. The van der Waals surface area contributed by atoms with Gasteiger partial charge in [-0.15, -0.1) is 0 Å². The van der Waals surface area contributed by atoms with Gasteiger partial charge >= 0.3 is 0 Å². The first-order valence-electron chi connectivity index (χ1n) is 6.27. The van der Waals surface area contributed by atoms with E-state index in [-0.39, 0.29) is 11.7 Å². The van der Waals surface area contributed by atoms with E-state index in [1.807, 2.05) is 0 Å². The van der Waals surface area contributed by atoms with Crippen molar-refractivity contribution < 1.29 is 9.18 Å². The molecule has 0 aliphatic carbocycles. The topological polar surface area (TPSA) is 54.4 Å². The highest BCUT2D eigenvalue weighted by Gasteiger charge is 2.23. The number of amides is 1. The number of hydrogen-bond donors (Lipinski definition) is 1. The molecule has 1 amide bonds. The second-order valence-electron chi connectivity index (χ2n) is 4.37. The average molecular weight is 334 g/mol. The molecule has 0 saturated carbocycles. The van der Waals surface area contributed by atoms with Gasteiger partial charge in [0.05, 0.1) is 9.93 Å². The Morgan fingerprint density at radius 2 is 2.00 bits per heavy atom. The van der Waals surface area contributed by atoms with Crippen LogP contribution in [0.4, 0.5) is 10.2 Å². The number of rotatable bonds is 2. The molecular formula is C15H9ClFN3OS. The lowest BCUT2D eigenvalue weighted by molar-refractivity contribution is -0.115. The van der Waals surface area contributed by atoms with Crippen molar-refractivity contribution >= 4 is 46.3 Å². The number of thioether (sulfide) groups is 1. The summed E-state index contributed by atoms with van der Waals surface area (Å²) in [5.74, 6) is -0.112. The van der Waals surface area contributed by atoms with Gasteiger partial charge in [-0.25, -0.2) is 14.4 Å². The van der Waals surface area contributed by atoms with Crippen molar-refractivity contribution in [3.05, 3.63) is 63.9 Å². The van der Waals surface area contributed by atoms with E-state index in [4.69, 9.17) is 11.6 Å². The highest BCUT2D eigenvalue weighted by atomic mass is 35.5. The maximum Gasteiger partial charge on any atom is 0.264 e. The molecule has 1 aliphatic heterocycles. The molecule has 0 radical (unpaired) electrons. The van der Waals surface area contributed by atoms with Crippen molar-refractivity contribution in [2.24, 2.45) is 4.99 Å². The summed E-state index contributed by atoms with van der Waals surface area (Å²) in [7, 11) is 0. The maximum absolute atomic E-state index is 12.9. The normalized spacial score (nSPS) is 18.0. The number of carbonyl (C=O) groups excluding carboxylic acids is 1. The molecule has 1 aromatic carbocycles. The highest BCUT2D eigenvalue weighted by Crippen LogP contribution is 2.27. The third kappa shape index (κ3) is 3.52. The van der Waals surface area contributed by atoms with Crippen LogP contribution >= 0.6 is 23.4 Å². The molecule has 3 rings (SSSR count). The summed E-state index contributed by atoms with van der Waals surface area (Å²) in [6.45, 7) is 0. The first kappa shape index (κ1) is 14.7. The van der Waals surface area contributed by atoms with Crippen LogP contribution in [0.2, 0.25) is 5.02 Å². The standard InChI is InChI=1S/C15H9ClFN3OS/c16-10-3-6-13(18-8-10)19-15-20-14(21)12(22-15)7-9-1-4-11(17)5-2-9/h1-8H,(H,18,19,20,21)/b12-7-. The van der Waals surface area contributed by atoms with Crippen LogP contribution in [0.15, 0.2) is 52.5 Å². The Labute approximate surface area is 135 Å². The Bertz CT molecular complexity index is 772. The zero-order chi connectivity index (χ0) is 15.5. The number of hydrogen-bond acceptors (Lipinski definition) is 4. The fraction of sp³-hybridized carbons (Fsp3) is 0. The number of amidine groups is 1. The second-order valence-corrected chi connectivity index (χ2v) is 5.83. The SMILES string of the molecule is O=C1NC(=Nc2ccc(Cl)cn2)S/C1=C\c1ccc(F)cc1.